The maximum atomic E-state index is 6.71. The Hall–Kier alpha value is -10.2. The van der Waals surface area contributed by atoms with E-state index in [0.29, 0.717) is 0 Å². The molecule has 1 spiro atoms. The third-order valence-electron chi connectivity index (χ3n) is 16.7. The monoisotopic (exact) mass is 980 g/mol. The molecule has 77 heavy (non-hydrogen) atoms. The summed E-state index contributed by atoms with van der Waals surface area (Å²) in [6.07, 6.45) is 0. The molecule has 0 unspecified atom stereocenters. The smallest absolute Gasteiger partial charge is 0.137 e. The van der Waals surface area contributed by atoms with Gasteiger partial charge in [-0.1, -0.05) is 146 Å². The van der Waals surface area contributed by atoms with Crippen LogP contribution in [0.25, 0.3) is 98.4 Å². The molecule has 0 bridgehead atoms. The summed E-state index contributed by atoms with van der Waals surface area (Å²) in [6, 6.07) is 97.8. The number of para-hydroxylation sites is 2. The van der Waals surface area contributed by atoms with Gasteiger partial charge in [0.05, 0.1) is 5.41 Å². The van der Waals surface area contributed by atoms with Gasteiger partial charge in [-0.25, -0.2) is 0 Å². The van der Waals surface area contributed by atoms with Gasteiger partial charge in [0.25, 0.3) is 0 Å². The fourth-order valence-corrected chi connectivity index (χ4v) is 13.4. The number of hydrogen-bond donors (Lipinski definition) is 0. The minimum Gasteiger partial charge on any atom is -0.456 e. The van der Waals surface area contributed by atoms with E-state index in [1.165, 1.54) is 76.8 Å². The zero-order valence-corrected chi connectivity index (χ0v) is 41.6. The van der Waals surface area contributed by atoms with Crippen LogP contribution in [0.4, 0.5) is 34.1 Å². The molecule has 15 aromatic rings. The molecule has 0 atom stereocenters. The first-order valence-electron chi connectivity index (χ1n) is 26.5. The van der Waals surface area contributed by atoms with Crippen LogP contribution in [0.5, 0.6) is 0 Å². The molecule has 2 aliphatic rings. The van der Waals surface area contributed by atoms with Crippen LogP contribution >= 0.6 is 0 Å². The standard InChI is InChI=1S/C73H44N2O2/c1-3-19-51(20-4-1)74(55-30-33-60-63-37-45-15-7-9-17-47(45)40-69(63)76-71(60)43-55)53-28-27-49-36-62-59-32-29-54(42-68(59)73(67(62)39-50(49)35-53)65-25-13-11-23-57(65)58-24-12-14-26-66(58)73)75(52-21-5-2-6-22-52)56-31-34-61-64-38-46-16-8-10-18-48(46)41-70(64)77-72(61)44-56/h1-44H. The Morgan fingerprint density at radius 3 is 1.18 bits per heavy atom. The molecule has 0 N–H and O–H groups in total. The van der Waals surface area contributed by atoms with Crippen molar-refractivity contribution in [2.45, 2.75) is 5.41 Å². The second-order valence-electron chi connectivity index (χ2n) is 20.8. The molecule has 2 aromatic heterocycles. The highest BCUT2D eigenvalue weighted by Crippen LogP contribution is 2.64. The van der Waals surface area contributed by atoms with E-state index in [4.69, 9.17) is 8.83 Å². The van der Waals surface area contributed by atoms with Crippen molar-refractivity contribution in [2.24, 2.45) is 0 Å². The van der Waals surface area contributed by atoms with Gasteiger partial charge in [0.15, 0.2) is 0 Å². The predicted molar refractivity (Wildman–Crippen MR) is 319 cm³/mol. The van der Waals surface area contributed by atoms with Gasteiger partial charge in [0, 0.05) is 67.8 Å². The highest BCUT2D eigenvalue weighted by molar-refractivity contribution is 6.13. The molecule has 0 amide bonds. The Labute approximate surface area is 443 Å². The summed E-state index contributed by atoms with van der Waals surface area (Å²) in [5, 5.41) is 11.6. The summed E-state index contributed by atoms with van der Waals surface area (Å²) in [5.41, 5.74) is 19.4. The van der Waals surface area contributed by atoms with Crippen LogP contribution in [0.15, 0.2) is 276 Å². The van der Waals surface area contributed by atoms with Crippen molar-refractivity contribution in [1.82, 2.24) is 0 Å². The minimum atomic E-state index is -0.596. The number of hydrogen-bond acceptors (Lipinski definition) is 4. The normalized spacial score (nSPS) is 13.0. The summed E-state index contributed by atoms with van der Waals surface area (Å²) in [4.78, 5) is 4.74. The molecule has 0 saturated heterocycles. The van der Waals surface area contributed by atoms with Crippen LogP contribution in [0.3, 0.4) is 0 Å². The average Bonchev–Trinajstić information content (AvgIpc) is 3.77. The van der Waals surface area contributed by atoms with Crippen LogP contribution < -0.4 is 9.80 Å². The van der Waals surface area contributed by atoms with Crippen molar-refractivity contribution < 1.29 is 8.83 Å². The van der Waals surface area contributed by atoms with E-state index < -0.39 is 5.41 Å². The highest BCUT2D eigenvalue weighted by Gasteiger charge is 2.52. The van der Waals surface area contributed by atoms with Crippen molar-refractivity contribution in [3.63, 3.8) is 0 Å². The topological polar surface area (TPSA) is 32.8 Å². The first-order valence-corrected chi connectivity index (χ1v) is 26.5. The largest absolute Gasteiger partial charge is 0.456 e. The molecule has 4 heteroatoms. The van der Waals surface area contributed by atoms with Gasteiger partial charge in [0.1, 0.15) is 22.3 Å². The maximum Gasteiger partial charge on any atom is 0.137 e. The van der Waals surface area contributed by atoms with E-state index in [2.05, 4.69) is 277 Å². The fraction of sp³-hybridized carbons (Fsp3) is 0.0137. The minimum absolute atomic E-state index is 0.596. The fourth-order valence-electron chi connectivity index (χ4n) is 13.4. The van der Waals surface area contributed by atoms with Gasteiger partial charge in [-0.2, -0.15) is 0 Å². The molecule has 0 fully saturated rings. The first kappa shape index (κ1) is 42.2. The van der Waals surface area contributed by atoms with E-state index >= 15 is 0 Å². The Morgan fingerprint density at radius 1 is 0.221 bits per heavy atom. The second kappa shape index (κ2) is 15.9. The van der Waals surface area contributed by atoms with Crippen LogP contribution in [0.2, 0.25) is 0 Å². The van der Waals surface area contributed by atoms with E-state index in [0.717, 1.165) is 78.0 Å². The van der Waals surface area contributed by atoms with Crippen LogP contribution in [-0.4, -0.2) is 0 Å². The molecule has 0 saturated carbocycles. The number of anilines is 6. The Bertz CT molecular complexity index is 4910. The SMILES string of the molecule is c1ccc(N(c2ccc3c(c2)C2(c4ccccc4-c4ccccc42)c2cc4cc(N(c5ccccc5)c5ccc6c(c5)oc5cc7ccccc7cc56)ccc4cc2-3)c2ccc3c(c2)oc2cc4ccccc4cc23)cc1. The number of nitrogens with zero attached hydrogens (tertiary/aromatic N) is 2. The Kier molecular flexibility index (Phi) is 8.73. The molecular formula is C73H44N2O2. The van der Waals surface area contributed by atoms with Crippen molar-refractivity contribution in [3.8, 4) is 22.3 Å². The zero-order chi connectivity index (χ0) is 50.3. The average molecular weight is 981 g/mol. The van der Waals surface area contributed by atoms with Gasteiger partial charge < -0.3 is 18.6 Å². The van der Waals surface area contributed by atoms with Crippen molar-refractivity contribution in [2.75, 3.05) is 9.80 Å². The predicted octanol–water partition coefficient (Wildman–Crippen LogP) is 20.2. The quantitative estimate of drug-likeness (QED) is 0.166. The molecule has 358 valence electrons. The highest BCUT2D eigenvalue weighted by atomic mass is 16.3. The Balaban J connectivity index is 0.853. The maximum absolute atomic E-state index is 6.71. The molecule has 0 aliphatic heterocycles. The van der Waals surface area contributed by atoms with Crippen molar-refractivity contribution in [1.29, 1.82) is 0 Å². The van der Waals surface area contributed by atoms with E-state index in [9.17, 15) is 0 Å². The molecule has 13 aromatic carbocycles. The lowest BCUT2D eigenvalue weighted by molar-refractivity contribution is 0.669. The third kappa shape index (κ3) is 6.09. The van der Waals surface area contributed by atoms with Gasteiger partial charge in [-0.3, -0.25) is 0 Å². The van der Waals surface area contributed by atoms with Gasteiger partial charge in [-0.15, -0.1) is 0 Å². The van der Waals surface area contributed by atoms with E-state index in [1.807, 2.05) is 0 Å². The molecular weight excluding hydrogens is 937 g/mol. The number of benzene rings is 13. The third-order valence-corrected chi connectivity index (χ3v) is 16.7. The Morgan fingerprint density at radius 2 is 0.623 bits per heavy atom. The summed E-state index contributed by atoms with van der Waals surface area (Å²) in [7, 11) is 0. The lowest BCUT2D eigenvalue weighted by Gasteiger charge is -2.32. The molecule has 2 heterocycles. The van der Waals surface area contributed by atoms with Gasteiger partial charge in [0.2, 0.25) is 0 Å². The summed E-state index contributed by atoms with van der Waals surface area (Å²) in [6.45, 7) is 0. The van der Waals surface area contributed by atoms with Crippen molar-refractivity contribution in [3.05, 3.63) is 289 Å². The van der Waals surface area contributed by atoms with Crippen LogP contribution in [0, 0.1) is 0 Å². The van der Waals surface area contributed by atoms with Crippen molar-refractivity contribution >= 4 is 110 Å². The number of rotatable bonds is 6. The molecule has 0 radical (unpaired) electrons. The first-order chi connectivity index (χ1) is 38.1. The number of fused-ring (bicyclic) bond motifs is 19. The van der Waals surface area contributed by atoms with Crippen LogP contribution in [0.1, 0.15) is 22.3 Å². The molecule has 17 rings (SSSR count). The lowest BCUT2D eigenvalue weighted by atomic mass is 9.70. The van der Waals surface area contributed by atoms with Crippen LogP contribution in [-0.2, 0) is 5.41 Å². The van der Waals surface area contributed by atoms with E-state index in [1.54, 1.807) is 0 Å². The number of furan rings is 2. The van der Waals surface area contributed by atoms with Gasteiger partial charge >= 0.3 is 0 Å². The molecule has 4 nitrogen and oxygen atoms in total. The second-order valence-corrected chi connectivity index (χ2v) is 20.8. The summed E-state index contributed by atoms with van der Waals surface area (Å²) in [5.74, 6) is 0. The zero-order valence-electron chi connectivity index (χ0n) is 41.6. The van der Waals surface area contributed by atoms with E-state index in [-0.39, 0.29) is 0 Å². The lowest BCUT2D eigenvalue weighted by Crippen LogP contribution is -2.26. The molecule has 2 aliphatic carbocycles. The summed E-state index contributed by atoms with van der Waals surface area (Å²) >= 11 is 0. The van der Waals surface area contributed by atoms with Gasteiger partial charge in [-0.05, 0) is 186 Å². The summed E-state index contributed by atoms with van der Waals surface area (Å²) < 4.78 is 13.4.